The van der Waals surface area contributed by atoms with E-state index in [0.717, 1.165) is 24.0 Å². The van der Waals surface area contributed by atoms with Crippen LogP contribution in [0.3, 0.4) is 0 Å². The molecule has 0 unspecified atom stereocenters. The Morgan fingerprint density at radius 2 is 2.13 bits per heavy atom. The zero-order valence-corrected chi connectivity index (χ0v) is 8.31. The van der Waals surface area contributed by atoms with Gasteiger partial charge in [-0.3, -0.25) is 0 Å². The largest absolute Gasteiger partial charge is 0.478 e. The van der Waals surface area contributed by atoms with Crippen LogP contribution in [0.4, 0.5) is 0 Å². The van der Waals surface area contributed by atoms with Gasteiger partial charge in [0.1, 0.15) is 0 Å². The molecular weight excluding hydrogens is 188 g/mol. The van der Waals surface area contributed by atoms with Gasteiger partial charge in [0.15, 0.2) is 0 Å². The lowest BCUT2D eigenvalue weighted by molar-refractivity contribution is 0.0697. The first-order valence-corrected chi connectivity index (χ1v) is 4.98. The minimum atomic E-state index is -0.878. The summed E-state index contributed by atoms with van der Waals surface area (Å²) in [6, 6.07) is 7.04. The molecule has 0 saturated heterocycles. The fourth-order valence-corrected chi connectivity index (χ4v) is 1.66. The summed E-state index contributed by atoms with van der Waals surface area (Å²) in [6.07, 6.45) is 8.40. The molecule has 2 heteroatoms. The van der Waals surface area contributed by atoms with Crippen molar-refractivity contribution in [1.82, 2.24) is 0 Å². The molecule has 0 aromatic heterocycles. The van der Waals surface area contributed by atoms with Crippen molar-refractivity contribution in [1.29, 1.82) is 0 Å². The molecule has 0 atom stereocenters. The molecule has 0 spiro atoms. The molecule has 1 aliphatic rings. The number of carbonyl (C=O) groups is 1. The van der Waals surface area contributed by atoms with E-state index in [9.17, 15) is 4.79 Å². The fraction of sp³-hybridized carbons (Fsp3) is 0.154. The minimum absolute atomic E-state index is 0.340. The van der Waals surface area contributed by atoms with Crippen LogP contribution in [0.25, 0.3) is 5.57 Å². The molecule has 0 heterocycles. The first-order chi connectivity index (χ1) is 7.27. The van der Waals surface area contributed by atoms with Gasteiger partial charge in [-0.15, -0.1) is 0 Å². The Kier molecular flexibility index (Phi) is 2.68. The van der Waals surface area contributed by atoms with Gasteiger partial charge in [0, 0.05) is 0 Å². The van der Waals surface area contributed by atoms with Gasteiger partial charge < -0.3 is 5.11 Å². The molecule has 0 saturated carbocycles. The molecule has 2 rings (SSSR count). The van der Waals surface area contributed by atoms with Crippen LogP contribution < -0.4 is 0 Å². The predicted molar refractivity (Wildman–Crippen MR) is 59.8 cm³/mol. The Bertz CT molecular complexity index is 442. The molecule has 1 aliphatic carbocycles. The number of allylic oxidation sites excluding steroid dienone is 4. The van der Waals surface area contributed by atoms with Gasteiger partial charge in [0.2, 0.25) is 0 Å². The summed E-state index contributed by atoms with van der Waals surface area (Å²) < 4.78 is 0. The molecule has 0 bridgehead atoms. The molecular formula is C13H12O2. The number of rotatable bonds is 2. The number of hydrogen-bond acceptors (Lipinski definition) is 1. The maximum absolute atomic E-state index is 10.8. The van der Waals surface area contributed by atoms with E-state index in [1.807, 2.05) is 12.1 Å². The highest BCUT2D eigenvalue weighted by atomic mass is 16.4. The van der Waals surface area contributed by atoms with Gasteiger partial charge in [-0.2, -0.15) is 0 Å². The Morgan fingerprint density at radius 1 is 1.27 bits per heavy atom. The van der Waals surface area contributed by atoms with Crippen molar-refractivity contribution in [2.75, 3.05) is 0 Å². The molecule has 1 N–H and O–H groups in total. The Morgan fingerprint density at radius 3 is 2.80 bits per heavy atom. The van der Waals surface area contributed by atoms with E-state index in [0.29, 0.717) is 5.56 Å². The molecule has 0 fully saturated rings. The third kappa shape index (κ3) is 2.15. The summed E-state index contributed by atoms with van der Waals surface area (Å²) in [5.41, 5.74) is 2.43. The van der Waals surface area contributed by atoms with E-state index < -0.39 is 5.97 Å². The van der Waals surface area contributed by atoms with Crippen molar-refractivity contribution in [3.8, 4) is 0 Å². The highest BCUT2D eigenvalue weighted by Crippen LogP contribution is 2.21. The Labute approximate surface area is 88.6 Å². The van der Waals surface area contributed by atoms with Crippen LogP contribution in [0.2, 0.25) is 0 Å². The number of benzene rings is 1. The molecule has 0 aliphatic heterocycles. The third-order valence-electron chi connectivity index (χ3n) is 2.44. The lowest BCUT2D eigenvalue weighted by Gasteiger charge is -2.07. The van der Waals surface area contributed by atoms with E-state index in [4.69, 9.17) is 5.11 Å². The molecule has 15 heavy (non-hydrogen) atoms. The Hall–Kier alpha value is -1.83. The number of carboxylic acids is 1. The van der Waals surface area contributed by atoms with E-state index in [2.05, 4.69) is 12.2 Å². The quantitative estimate of drug-likeness (QED) is 0.796. The van der Waals surface area contributed by atoms with Crippen molar-refractivity contribution < 1.29 is 9.90 Å². The van der Waals surface area contributed by atoms with Gasteiger partial charge in [0.25, 0.3) is 0 Å². The summed E-state index contributed by atoms with van der Waals surface area (Å²) in [6.45, 7) is 0. The normalized spacial score (nSPS) is 14.8. The van der Waals surface area contributed by atoms with Crippen LogP contribution in [-0.4, -0.2) is 11.1 Å². The zero-order valence-electron chi connectivity index (χ0n) is 8.31. The molecule has 2 nitrogen and oxygen atoms in total. The summed E-state index contributed by atoms with van der Waals surface area (Å²) in [5, 5.41) is 8.87. The van der Waals surface area contributed by atoms with Crippen molar-refractivity contribution in [3.63, 3.8) is 0 Å². The maximum Gasteiger partial charge on any atom is 0.335 e. The average molecular weight is 200 g/mol. The summed E-state index contributed by atoms with van der Waals surface area (Å²) in [5.74, 6) is -0.878. The monoisotopic (exact) mass is 200 g/mol. The summed E-state index contributed by atoms with van der Waals surface area (Å²) in [7, 11) is 0. The van der Waals surface area contributed by atoms with Crippen LogP contribution in [-0.2, 0) is 0 Å². The first-order valence-electron chi connectivity index (χ1n) is 4.98. The number of carboxylic acid groups (broad SMARTS) is 1. The van der Waals surface area contributed by atoms with Crippen LogP contribution >= 0.6 is 0 Å². The van der Waals surface area contributed by atoms with Crippen molar-refractivity contribution >= 4 is 11.5 Å². The lowest BCUT2D eigenvalue weighted by atomic mass is 9.98. The topological polar surface area (TPSA) is 37.3 Å². The van der Waals surface area contributed by atoms with Gasteiger partial charge in [0.05, 0.1) is 5.56 Å². The van der Waals surface area contributed by atoms with Gasteiger partial charge in [-0.05, 0) is 36.1 Å². The molecule has 0 radical (unpaired) electrons. The van der Waals surface area contributed by atoms with Crippen molar-refractivity contribution in [2.24, 2.45) is 0 Å². The molecule has 76 valence electrons. The van der Waals surface area contributed by atoms with E-state index in [-0.39, 0.29) is 0 Å². The van der Waals surface area contributed by atoms with Gasteiger partial charge >= 0.3 is 5.97 Å². The predicted octanol–water partition coefficient (Wildman–Crippen LogP) is 3.12. The van der Waals surface area contributed by atoms with Crippen molar-refractivity contribution in [2.45, 2.75) is 12.8 Å². The molecule has 1 aromatic rings. The summed E-state index contributed by atoms with van der Waals surface area (Å²) in [4.78, 5) is 10.8. The molecule has 0 amide bonds. The Balaban J connectivity index is 2.36. The highest BCUT2D eigenvalue weighted by molar-refractivity contribution is 5.89. The van der Waals surface area contributed by atoms with Gasteiger partial charge in [-0.25, -0.2) is 4.79 Å². The van der Waals surface area contributed by atoms with E-state index >= 15 is 0 Å². The number of hydrogen-bond donors (Lipinski definition) is 1. The zero-order chi connectivity index (χ0) is 10.7. The second kappa shape index (κ2) is 4.13. The average Bonchev–Trinajstić information content (AvgIpc) is 2.30. The molecule has 1 aromatic carbocycles. The second-order valence-corrected chi connectivity index (χ2v) is 3.53. The smallest absolute Gasteiger partial charge is 0.335 e. The third-order valence-corrected chi connectivity index (χ3v) is 2.44. The SMILES string of the molecule is O=C(O)c1cccc(C2=CCCC=C2)c1. The minimum Gasteiger partial charge on any atom is -0.478 e. The van der Waals surface area contributed by atoms with Crippen LogP contribution in [0, 0.1) is 0 Å². The van der Waals surface area contributed by atoms with Gasteiger partial charge in [-0.1, -0.05) is 30.4 Å². The van der Waals surface area contributed by atoms with E-state index in [1.54, 1.807) is 18.2 Å². The van der Waals surface area contributed by atoms with Crippen LogP contribution in [0.5, 0.6) is 0 Å². The second-order valence-electron chi connectivity index (χ2n) is 3.53. The lowest BCUT2D eigenvalue weighted by Crippen LogP contribution is -1.97. The van der Waals surface area contributed by atoms with Crippen LogP contribution in [0.1, 0.15) is 28.8 Å². The van der Waals surface area contributed by atoms with Crippen molar-refractivity contribution in [3.05, 3.63) is 53.6 Å². The van der Waals surface area contributed by atoms with Crippen LogP contribution in [0.15, 0.2) is 42.5 Å². The standard InChI is InChI=1S/C13H12O2/c14-13(15)12-8-4-7-11(9-12)10-5-2-1-3-6-10/h2,4-9H,1,3H2,(H,14,15). The van der Waals surface area contributed by atoms with E-state index in [1.165, 1.54) is 0 Å². The highest BCUT2D eigenvalue weighted by Gasteiger charge is 2.05. The number of aromatic carboxylic acids is 1. The fourth-order valence-electron chi connectivity index (χ4n) is 1.66. The maximum atomic E-state index is 10.8. The first kappa shape index (κ1) is 9.71. The summed E-state index contributed by atoms with van der Waals surface area (Å²) >= 11 is 0.